The molecular formula is C14H16N2O4. The van der Waals surface area contributed by atoms with Crippen molar-refractivity contribution in [2.45, 2.75) is 13.8 Å². The van der Waals surface area contributed by atoms with Crippen LogP contribution in [0.25, 0.3) is 0 Å². The highest BCUT2D eigenvalue weighted by atomic mass is 16.3. The van der Waals surface area contributed by atoms with E-state index >= 15 is 0 Å². The number of hydrogen-bond acceptors (Lipinski definition) is 5. The van der Waals surface area contributed by atoms with Crippen LogP contribution >= 0.6 is 0 Å². The van der Waals surface area contributed by atoms with Crippen molar-refractivity contribution in [1.29, 1.82) is 0 Å². The van der Waals surface area contributed by atoms with Gasteiger partial charge in [0.2, 0.25) is 0 Å². The Balaban J connectivity index is 2.26. The molecule has 0 fully saturated rings. The molecule has 0 saturated carbocycles. The molecule has 20 heavy (non-hydrogen) atoms. The van der Waals surface area contributed by atoms with E-state index in [0.717, 1.165) is 16.5 Å². The van der Waals surface area contributed by atoms with Crippen LogP contribution in [0.4, 0.5) is 5.69 Å². The molecule has 0 aromatic heterocycles. The average molecular weight is 276 g/mol. The van der Waals surface area contributed by atoms with Crippen LogP contribution in [-0.2, 0) is 9.59 Å². The molecule has 2 rings (SSSR count). The topological polar surface area (TPSA) is 89.9 Å². The number of nitrogens with zero attached hydrogens (tertiary/aromatic N) is 1. The monoisotopic (exact) mass is 276 g/mol. The highest BCUT2D eigenvalue weighted by Crippen LogP contribution is 2.30. The van der Waals surface area contributed by atoms with Gasteiger partial charge in [0.25, 0.3) is 11.8 Å². The minimum atomic E-state index is -0.511. The number of rotatable bonds is 4. The van der Waals surface area contributed by atoms with Gasteiger partial charge in [0, 0.05) is 6.08 Å². The maximum absolute atomic E-state index is 12.0. The van der Waals surface area contributed by atoms with Crippen molar-refractivity contribution in [1.82, 2.24) is 4.90 Å². The number of nitrogens with one attached hydrogen (secondary N) is 1. The molecule has 3 N–H and O–H groups in total. The number of phenols is 1. The molecule has 0 unspecified atom stereocenters. The van der Waals surface area contributed by atoms with Gasteiger partial charge in [-0.05, 0) is 31.0 Å². The predicted octanol–water partition coefficient (Wildman–Crippen LogP) is 0.666. The van der Waals surface area contributed by atoms with Crippen molar-refractivity contribution in [3.63, 3.8) is 0 Å². The maximum Gasteiger partial charge on any atom is 0.277 e. The number of anilines is 1. The lowest BCUT2D eigenvalue weighted by Crippen LogP contribution is -2.34. The molecule has 1 aromatic rings. The molecule has 0 saturated heterocycles. The van der Waals surface area contributed by atoms with Crippen LogP contribution in [0, 0.1) is 13.8 Å². The molecule has 1 aliphatic heterocycles. The predicted molar refractivity (Wildman–Crippen MR) is 73.1 cm³/mol. The first-order chi connectivity index (χ1) is 9.43. The van der Waals surface area contributed by atoms with Crippen LogP contribution in [0.5, 0.6) is 5.75 Å². The van der Waals surface area contributed by atoms with E-state index < -0.39 is 11.8 Å². The van der Waals surface area contributed by atoms with E-state index in [-0.39, 0.29) is 24.6 Å². The summed E-state index contributed by atoms with van der Waals surface area (Å²) in [5.74, 6) is -0.949. The minimum Gasteiger partial charge on any atom is -0.505 e. The summed E-state index contributed by atoms with van der Waals surface area (Å²) in [5.41, 5.74) is 2.06. The third kappa shape index (κ3) is 2.50. The number of hydrogen-bond donors (Lipinski definition) is 3. The highest BCUT2D eigenvalue weighted by Gasteiger charge is 2.31. The van der Waals surface area contributed by atoms with E-state index in [2.05, 4.69) is 5.32 Å². The first-order valence-corrected chi connectivity index (χ1v) is 6.19. The number of aliphatic hydroxyl groups excluding tert-OH is 1. The van der Waals surface area contributed by atoms with Crippen LogP contribution < -0.4 is 5.32 Å². The van der Waals surface area contributed by atoms with Gasteiger partial charge in [0.15, 0.2) is 0 Å². The standard InChI is InChI=1S/C14H16N2O4/c1-8-5-9(2)13(19)10(6-8)15-11-7-12(18)16(3-4-17)14(11)20/h5-7,15,17,19H,3-4H2,1-2H3. The Kier molecular flexibility index (Phi) is 3.76. The fourth-order valence-electron chi connectivity index (χ4n) is 2.11. The van der Waals surface area contributed by atoms with Gasteiger partial charge in [0.1, 0.15) is 11.4 Å². The number of benzene rings is 1. The minimum absolute atomic E-state index is 0.0392. The van der Waals surface area contributed by atoms with Crippen LogP contribution in [0.3, 0.4) is 0 Å². The van der Waals surface area contributed by atoms with Crippen LogP contribution in [0.1, 0.15) is 11.1 Å². The third-order valence-electron chi connectivity index (χ3n) is 3.05. The van der Waals surface area contributed by atoms with Crippen molar-refractivity contribution in [3.8, 4) is 5.75 Å². The smallest absolute Gasteiger partial charge is 0.277 e. The highest BCUT2D eigenvalue weighted by molar-refractivity contribution is 6.17. The zero-order chi connectivity index (χ0) is 14.9. The number of carbonyl (C=O) groups excluding carboxylic acids is 2. The fraction of sp³-hybridized carbons (Fsp3) is 0.286. The van der Waals surface area contributed by atoms with Crippen LogP contribution in [0.2, 0.25) is 0 Å². The Morgan fingerprint density at radius 3 is 2.60 bits per heavy atom. The number of aromatic hydroxyl groups is 1. The number of β-amino-alcohol motifs (C(OH)–C–C–N with tert-alkyl or cyclic N) is 1. The number of aryl methyl sites for hydroxylation is 2. The van der Waals surface area contributed by atoms with Gasteiger partial charge in [-0.3, -0.25) is 14.5 Å². The van der Waals surface area contributed by atoms with Gasteiger partial charge >= 0.3 is 0 Å². The molecule has 0 aliphatic carbocycles. The molecule has 2 amide bonds. The second kappa shape index (κ2) is 5.34. The van der Waals surface area contributed by atoms with E-state index in [1.807, 2.05) is 13.0 Å². The summed E-state index contributed by atoms with van der Waals surface area (Å²) in [7, 11) is 0. The van der Waals surface area contributed by atoms with E-state index in [0.29, 0.717) is 11.3 Å². The largest absolute Gasteiger partial charge is 0.505 e. The summed E-state index contributed by atoms with van der Waals surface area (Å²) < 4.78 is 0. The van der Waals surface area contributed by atoms with Gasteiger partial charge in [0.05, 0.1) is 18.8 Å². The van der Waals surface area contributed by atoms with Gasteiger partial charge < -0.3 is 15.5 Å². The number of carbonyl (C=O) groups is 2. The molecule has 0 bridgehead atoms. The lowest BCUT2D eigenvalue weighted by atomic mass is 10.1. The van der Waals surface area contributed by atoms with Gasteiger partial charge in [-0.2, -0.15) is 0 Å². The number of imide groups is 1. The summed E-state index contributed by atoms with van der Waals surface area (Å²) in [6.45, 7) is 3.29. The summed E-state index contributed by atoms with van der Waals surface area (Å²) in [5, 5.41) is 21.6. The Morgan fingerprint density at radius 2 is 1.95 bits per heavy atom. The maximum atomic E-state index is 12.0. The van der Waals surface area contributed by atoms with Gasteiger partial charge in [-0.15, -0.1) is 0 Å². The number of amides is 2. The van der Waals surface area contributed by atoms with E-state index in [9.17, 15) is 14.7 Å². The third-order valence-corrected chi connectivity index (χ3v) is 3.05. The zero-order valence-corrected chi connectivity index (χ0v) is 11.3. The lowest BCUT2D eigenvalue weighted by Gasteiger charge is -2.14. The second-order valence-corrected chi connectivity index (χ2v) is 4.68. The molecule has 0 radical (unpaired) electrons. The first-order valence-electron chi connectivity index (χ1n) is 6.19. The summed E-state index contributed by atoms with van der Waals surface area (Å²) >= 11 is 0. The molecule has 6 nitrogen and oxygen atoms in total. The normalized spacial score (nSPS) is 14.8. The van der Waals surface area contributed by atoms with E-state index in [1.54, 1.807) is 13.0 Å². The van der Waals surface area contributed by atoms with Crippen molar-refractivity contribution >= 4 is 17.5 Å². The van der Waals surface area contributed by atoms with E-state index in [4.69, 9.17) is 5.11 Å². The summed E-state index contributed by atoms with van der Waals surface area (Å²) in [6.07, 6.45) is 1.16. The quantitative estimate of drug-likeness (QED) is 0.555. The zero-order valence-electron chi connectivity index (χ0n) is 11.3. The Morgan fingerprint density at radius 1 is 1.25 bits per heavy atom. The molecule has 0 atom stereocenters. The molecule has 1 aromatic carbocycles. The van der Waals surface area contributed by atoms with Crippen molar-refractivity contribution < 1.29 is 19.8 Å². The van der Waals surface area contributed by atoms with Crippen molar-refractivity contribution in [3.05, 3.63) is 35.0 Å². The Bertz CT molecular complexity index is 607. The Hall–Kier alpha value is -2.34. The van der Waals surface area contributed by atoms with Crippen molar-refractivity contribution in [2.75, 3.05) is 18.5 Å². The fourth-order valence-corrected chi connectivity index (χ4v) is 2.11. The Labute approximate surface area is 116 Å². The number of aliphatic hydroxyl groups is 1. The molecule has 6 heteroatoms. The van der Waals surface area contributed by atoms with E-state index in [1.165, 1.54) is 0 Å². The molecular weight excluding hydrogens is 260 g/mol. The molecule has 1 heterocycles. The average Bonchev–Trinajstić information content (AvgIpc) is 2.63. The van der Waals surface area contributed by atoms with Crippen LogP contribution in [0.15, 0.2) is 23.9 Å². The molecule has 106 valence electrons. The SMILES string of the molecule is Cc1cc(C)c(O)c(NC2=CC(=O)N(CCO)C2=O)c1. The van der Waals surface area contributed by atoms with Crippen LogP contribution in [-0.4, -0.2) is 40.1 Å². The second-order valence-electron chi connectivity index (χ2n) is 4.68. The lowest BCUT2D eigenvalue weighted by molar-refractivity contribution is -0.137. The molecule has 0 spiro atoms. The van der Waals surface area contributed by atoms with Gasteiger partial charge in [-0.25, -0.2) is 0 Å². The van der Waals surface area contributed by atoms with Gasteiger partial charge in [-0.1, -0.05) is 6.07 Å². The van der Waals surface area contributed by atoms with Crippen molar-refractivity contribution in [2.24, 2.45) is 0 Å². The summed E-state index contributed by atoms with van der Waals surface area (Å²) in [4.78, 5) is 24.5. The molecule has 1 aliphatic rings. The number of phenolic OH excluding ortho intramolecular Hbond substituents is 1. The first kappa shape index (κ1) is 14.1. The summed E-state index contributed by atoms with van der Waals surface area (Å²) in [6, 6.07) is 3.50.